The molecule has 0 aliphatic heterocycles. The molecule has 0 saturated heterocycles. The highest BCUT2D eigenvalue weighted by Gasteiger charge is 2.09. The zero-order valence-corrected chi connectivity index (χ0v) is 13.1. The van der Waals surface area contributed by atoms with E-state index in [1.54, 1.807) is 6.08 Å². The predicted molar refractivity (Wildman–Crippen MR) is 90.5 cm³/mol. The highest BCUT2D eigenvalue weighted by Crippen LogP contribution is 2.23. The summed E-state index contributed by atoms with van der Waals surface area (Å²) in [5.41, 5.74) is 6.29. The zero-order valence-electron chi connectivity index (χ0n) is 13.1. The van der Waals surface area contributed by atoms with Gasteiger partial charge in [-0.3, -0.25) is 4.40 Å². The highest BCUT2D eigenvalue weighted by atomic mass is 15.0. The van der Waals surface area contributed by atoms with Crippen molar-refractivity contribution in [1.82, 2.24) is 14.4 Å². The normalized spacial score (nSPS) is 10.9. The summed E-state index contributed by atoms with van der Waals surface area (Å²) in [4.78, 5) is 9.08. The molecule has 0 saturated carbocycles. The van der Waals surface area contributed by atoms with Gasteiger partial charge in [0.05, 0.1) is 16.7 Å². The fourth-order valence-electron chi connectivity index (χ4n) is 2.31. The largest absolute Gasteiger partial charge is 0.298 e. The summed E-state index contributed by atoms with van der Waals surface area (Å²) in [6, 6.07) is 6.15. The van der Waals surface area contributed by atoms with Gasteiger partial charge in [0.25, 0.3) is 0 Å². The first-order valence-corrected chi connectivity index (χ1v) is 7.24. The Morgan fingerprint density at radius 3 is 2.67 bits per heavy atom. The Morgan fingerprint density at radius 2 is 1.95 bits per heavy atom. The summed E-state index contributed by atoms with van der Waals surface area (Å²) in [7, 11) is 0. The summed E-state index contributed by atoms with van der Waals surface area (Å²) in [5, 5.41) is 0. The Morgan fingerprint density at radius 1 is 1.19 bits per heavy atom. The summed E-state index contributed by atoms with van der Waals surface area (Å²) in [5.74, 6) is 0. The molecule has 0 aromatic carbocycles. The van der Waals surface area contributed by atoms with E-state index in [4.69, 9.17) is 0 Å². The van der Waals surface area contributed by atoms with Gasteiger partial charge in [0.2, 0.25) is 0 Å². The second kappa shape index (κ2) is 6.35. The van der Waals surface area contributed by atoms with Crippen molar-refractivity contribution in [2.45, 2.75) is 27.7 Å². The molecule has 0 bridgehead atoms. The maximum atomic E-state index is 4.61. The Hall–Kier alpha value is -2.42. The lowest BCUT2D eigenvalue weighted by atomic mass is 10.2. The van der Waals surface area contributed by atoms with Crippen LogP contribution in [-0.2, 0) is 0 Å². The van der Waals surface area contributed by atoms with Crippen LogP contribution in [0.5, 0.6) is 0 Å². The van der Waals surface area contributed by atoms with E-state index in [-0.39, 0.29) is 0 Å². The fraction of sp³-hybridized carbons (Fsp3) is 0.222. The summed E-state index contributed by atoms with van der Waals surface area (Å²) >= 11 is 0. The smallest absolute Gasteiger partial charge is 0.113 e. The number of nitrogens with zero attached hydrogens (tertiary/aromatic N) is 3. The molecule has 0 amide bonds. The third-order valence-corrected chi connectivity index (χ3v) is 3.23. The van der Waals surface area contributed by atoms with Gasteiger partial charge in [0, 0.05) is 5.69 Å². The van der Waals surface area contributed by atoms with Crippen LogP contribution in [-0.4, -0.2) is 14.4 Å². The molecule has 0 aliphatic rings. The molecule has 3 rings (SSSR count). The number of aromatic nitrogens is 3. The molecule has 3 heterocycles. The molecule has 0 spiro atoms. The zero-order chi connectivity index (χ0) is 15.4. The predicted octanol–water partition coefficient (Wildman–Crippen LogP) is 4.72. The van der Waals surface area contributed by atoms with E-state index >= 15 is 0 Å². The molecule has 21 heavy (non-hydrogen) atoms. The number of allylic oxidation sites excluding steroid dienone is 2. The van der Waals surface area contributed by atoms with E-state index in [0.29, 0.717) is 0 Å². The molecule has 0 N–H and O–H groups in total. The summed E-state index contributed by atoms with van der Waals surface area (Å²) < 4.78 is 2.07. The van der Waals surface area contributed by atoms with Crippen LogP contribution in [0.3, 0.4) is 0 Å². The first-order chi connectivity index (χ1) is 10.2. The van der Waals surface area contributed by atoms with Crippen molar-refractivity contribution in [3.63, 3.8) is 0 Å². The Kier molecular flexibility index (Phi) is 4.53. The van der Waals surface area contributed by atoms with Crippen LogP contribution in [0.1, 0.15) is 30.8 Å². The minimum absolute atomic E-state index is 0.926. The number of hydrogen-bond acceptors (Lipinski definition) is 2. The quantitative estimate of drug-likeness (QED) is 0.635. The molecule has 0 fully saturated rings. The van der Waals surface area contributed by atoms with Crippen molar-refractivity contribution in [3.05, 3.63) is 60.2 Å². The maximum absolute atomic E-state index is 4.61. The first kappa shape index (κ1) is 15.0. The molecule has 3 aromatic heterocycles. The first-order valence-electron chi connectivity index (χ1n) is 7.24. The standard InChI is InChI=1S/C16H15N3.C2H6/c1-4-5-6-14-11(2)9-15-16-13(17-10-19(14)15)8-7-12(3)18-16;1-2/h4-10H,1H2,2-3H3;1-2H3/b6-5-;. The molecular weight excluding hydrogens is 258 g/mol. The molecule has 0 radical (unpaired) electrons. The minimum atomic E-state index is 0.926. The number of hydrogen-bond donors (Lipinski definition) is 0. The Bertz CT molecular complexity index is 810. The van der Waals surface area contributed by atoms with E-state index in [1.807, 2.05) is 51.4 Å². The number of aryl methyl sites for hydroxylation is 2. The van der Waals surface area contributed by atoms with Crippen LogP contribution < -0.4 is 0 Å². The maximum Gasteiger partial charge on any atom is 0.113 e. The van der Waals surface area contributed by atoms with Gasteiger partial charge in [0.1, 0.15) is 11.8 Å². The molecule has 3 heteroatoms. The lowest BCUT2D eigenvalue weighted by molar-refractivity contribution is 1.09. The molecule has 0 atom stereocenters. The van der Waals surface area contributed by atoms with Gasteiger partial charge < -0.3 is 0 Å². The van der Waals surface area contributed by atoms with Crippen molar-refractivity contribution >= 4 is 22.6 Å². The second-order valence-corrected chi connectivity index (χ2v) is 4.63. The lowest BCUT2D eigenvalue weighted by Gasteiger charge is -2.03. The van der Waals surface area contributed by atoms with Gasteiger partial charge in [0.15, 0.2) is 0 Å². The number of rotatable bonds is 2. The SMILES string of the molecule is C=C/C=C\c1c(C)cc2c3nc(C)ccc3ncn12.CC. The van der Waals surface area contributed by atoms with E-state index in [2.05, 4.69) is 33.9 Å². The lowest BCUT2D eigenvalue weighted by Crippen LogP contribution is -1.94. The number of pyridine rings is 1. The summed E-state index contributed by atoms with van der Waals surface area (Å²) in [6.45, 7) is 11.8. The van der Waals surface area contributed by atoms with Gasteiger partial charge in [-0.05, 0) is 43.7 Å². The van der Waals surface area contributed by atoms with Crippen LogP contribution >= 0.6 is 0 Å². The third-order valence-electron chi connectivity index (χ3n) is 3.23. The number of fused-ring (bicyclic) bond motifs is 3. The van der Waals surface area contributed by atoms with Gasteiger partial charge in [-0.15, -0.1) is 0 Å². The van der Waals surface area contributed by atoms with E-state index in [0.717, 1.165) is 27.9 Å². The van der Waals surface area contributed by atoms with Gasteiger partial charge >= 0.3 is 0 Å². The van der Waals surface area contributed by atoms with Gasteiger partial charge in [-0.1, -0.05) is 32.6 Å². The van der Waals surface area contributed by atoms with Crippen molar-refractivity contribution in [2.24, 2.45) is 0 Å². The van der Waals surface area contributed by atoms with Gasteiger partial charge in [-0.2, -0.15) is 0 Å². The minimum Gasteiger partial charge on any atom is -0.298 e. The fourth-order valence-corrected chi connectivity index (χ4v) is 2.31. The molecule has 0 unspecified atom stereocenters. The van der Waals surface area contributed by atoms with Crippen molar-refractivity contribution in [3.8, 4) is 0 Å². The third kappa shape index (κ3) is 2.72. The molecule has 0 aliphatic carbocycles. The van der Waals surface area contributed by atoms with Crippen molar-refractivity contribution < 1.29 is 0 Å². The van der Waals surface area contributed by atoms with E-state index in [1.165, 1.54) is 5.56 Å². The molecule has 108 valence electrons. The van der Waals surface area contributed by atoms with Crippen LogP contribution in [0, 0.1) is 13.8 Å². The van der Waals surface area contributed by atoms with Gasteiger partial charge in [-0.25, -0.2) is 9.97 Å². The van der Waals surface area contributed by atoms with Crippen LogP contribution in [0.2, 0.25) is 0 Å². The van der Waals surface area contributed by atoms with Crippen LogP contribution in [0.4, 0.5) is 0 Å². The van der Waals surface area contributed by atoms with E-state index < -0.39 is 0 Å². The van der Waals surface area contributed by atoms with Crippen LogP contribution in [0.15, 0.2) is 43.3 Å². The summed E-state index contributed by atoms with van der Waals surface area (Å²) in [6.07, 6.45) is 7.60. The van der Waals surface area contributed by atoms with Crippen LogP contribution in [0.25, 0.3) is 22.6 Å². The van der Waals surface area contributed by atoms with Crippen molar-refractivity contribution in [2.75, 3.05) is 0 Å². The Labute approximate surface area is 125 Å². The average molecular weight is 279 g/mol. The molecule has 3 aromatic rings. The van der Waals surface area contributed by atoms with E-state index in [9.17, 15) is 0 Å². The molecule has 3 nitrogen and oxygen atoms in total. The second-order valence-electron chi connectivity index (χ2n) is 4.63. The average Bonchev–Trinajstić information content (AvgIpc) is 2.83. The van der Waals surface area contributed by atoms with Crippen molar-refractivity contribution in [1.29, 1.82) is 0 Å². The highest BCUT2D eigenvalue weighted by molar-refractivity contribution is 5.91. The Balaban J connectivity index is 0.000000774. The topological polar surface area (TPSA) is 30.2 Å². The monoisotopic (exact) mass is 279 g/mol. The molecular formula is C18H21N3.